The molecule has 1 aromatic carbocycles. The van der Waals surface area contributed by atoms with Gasteiger partial charge in [-0.15, -0.1) is 0 Å². The summed E-state index contributed by atoms with van der Waals surface area (Å²) in [6.45, 7) is 4.07. The quantitative estimate of drug-likeness (QED) is 0.651. The molecule has 0 saturated heterocycles. The normalized spacial score (nSPS) is 12.2. The highest BCUT2D eigenvalue weighted by molar-refractivity contribution is 5.41. The molecule has 0 amide bonds. The Hall–Kier alpha value is -1.91. The molecule has 3 N–H and O–H groups in total. The van der Waals surface area contributed by atoms with E-state index < -0.39 is 0 Å². The number of rotatable bonds is 4. The Bertz CT molecular complexity index is 569. The number of aromatic nitrogens is 1. The van der Waals surface area contributed by atoms with E-state index in [9.17, 15) is 0 Å². The highest BCUT2D eigenvalue weighted by atomic mass is 16.5. The van der Waals surface area contributed by atoms with Crippen LogP contribution in [-0.4, -0.2) is 12.1 Å². The number of nitrogens with two attached hydrogens (primary N) is 1. The summed E-state index contributed by atoms with van der Waals surface area (Å²) in [6, 6.07) is 7.97. The third-order valence-corrected chi connectivity index (χ3v) is 3.31. The van der Waals surface area contributed by atoms with Gasteiger partial charge >= 0.3 is 0 Å². The van der Waals surface area contributed by atoms with Gasteiger partial charge in [0.15, 0.2) is 0 Å². The fourth-order valence-electron chi connectivity index (χ4n) is 2.23. The van der Waals surface area contributed by atoms with Gasteiger partial charge in [0.25, 0.3) is 0 Å². The van der Waals surface area contributed by atoms with Gasteiger partial charge in [-0.2, -0.15) is 0 Å². The van der Waals surface area contributed by atoms with Crippen molar-refractivity contribution in [2.24, 2.45) is 5.84 Å². The van der Waals surface area contributed by atoms with Gasteiger partial charge in [-0.1, -0.05) is 12.1 Å². The number of nitrogens with one attached hydrogen (secondary N) is 1. The SMILES string of the molecule is COc1ccc(C(NN)c2cnccc2C)cc1C. The number of hydrazine groups is 1. The van der Waals surface area contributed by atoms with Crippen LogP contribution in [0.4, 0.5) is 0 Å². The van der Waals surface area contributed by atoms with E-state index in [0.29, 0.717) is 0 Å². The summed E-state index contributed by atoms with van der Waals surface area (Å²) in [6.07, 6.45) is 3.63. The summed E-state index contributed by atoms with van der Waals surface area (Å²) >= 11 is 0. The second kappa shape index (κ2) is 5.82. The number of hydrogen-bond acceptors (Lipinski definition) is 4. The maximum atomic E-state index is 5.72. The van der Waals surface area contributed by atoms with Crippen LogP contribution in [0.25, 0.3) is 0 Å². The van der Waals surface area contributed by atoms with Gasteiger partial charge in [0, 0.05) is 12.4 Å². The summed E-state index contributed by atoms with van der Waals surface area (Å²) in [4.78, 5) is 4.18. The zero-order valence-electron chi connectivity index (χ0n) is 11.5. The molecule has 19 heavy (non-hydrogen) atoms. The number of pyridine rings is 1. The number of ether oxygens (including phenoxy) is 1. The molecule has 1 heterocycles. The van der Waals surface area contributed by atoms with Gasteiger partial charge in [0.05, 0.1) is 13.2 Å². The summed E-state index contributed by atoms with van der Waals surface area (Å²) in [5.41, 5.74) is 7.28. The molecule has 0 fully saturated rings. The molecule has 2 aromatic rings. The van der Waals surface area contributed by atoms with Crippen molar-refractivity contribution in [1.29, 1.82) is 0 Å². The van der Waals surface area contributed by atoms with Crippen molar-refractivity contribution in [3.05, 3.63) is 58.9 Å². The average Bonchev–Trinajstić information content (AvgIpc) is 2.42. The Morgan fingerprint density at radius 2 is 2.00 bits per heavy atom. The highest BCUT2D eigenvalue weighted by Crippen LogP contribution is 2.27. The van der Waals surface area contributed by atoms with E-state index in [1.807, 2.05) is 31.3 Å². The Balaban J connectivity index is 2.43. The minimum atomic E-state index is -0.0710. The first kappa shape index (κ1) is 13.5. The van der Waals surface area contributed by atoms with Gasteiger partial charge in [0.2, 0.25) is 0 Å². The lowest BCUT2D eigenvalue weighted by Crippen LogP contribution is -2.29. The minimum Gasteiger partial charge on any atom is -0.496 e. The van der Waals surface area contributed by atoms with Gasteiger partial charge < -0.3 is 4.74 Å². The zero-order chi connectivity index (χ0) is 13.8. The molecule has 4 heteroatoms. The third-order valence-electron chi connectivity index (χ3n) is 3.31. The second-order valence-electron chi connectivity index (χ2n) is 4.56. The largest absolute Gasteiger partial charge is 0.496 e. The topological polar surface area (TPSA) is 60.2 Å². The first-order chi connectivity index (χ1) is 9.17. The van der Waals surface area contributed by atoms with E-state index in [1.54, 1.807) is 13.3 Å². The standard InChI is InChI=1S/C15H19N3O/c1-10-6-7-17-9-13(10)15(18-16)12-4-5-14(19-3)11(2)8-12/h4-9,15,18H,16H2,1-3H3. The molecule has 0 aliphatic rings. The Morgan fingerprint density at radius 1 is 1.21 bits per heavy atom. The van der Waals surface area contributed by atoms with Crippen molar-refractivity contribution in [1.82, 2.24) is 10.4 Å². The molecule has 100 valence electrons. The third kappa shape index (κ3) is 2.75. The van der Waals surface area contributed by atoms with Gasteiger partial charge in [-0.3, -0.25) is 10.8 Å². The molecule has 0 radical (unpaired) electrons. The Kier molecular flexibility index (Phi) is 4.14. The number of methoxy groups -OCH3 is 1. The average molecular weight is 257 g/mol. The number of hydrogen-bond donors (Lipinski definition) is 2. The van der Waals surface area contributed by atoms with E-state index in [4.69, 9.17) is 10.6 Å². The molecule has 0 spiro atoms. The highest BCUT2D eigenvalue weighted by Gasteiger charge is 2.15. The van der Waals surface area contributed by atoms with Crippen molar-refractivity contribution in [3.8, 4) is 5.75 Å². The zero-order valence-corrected chi connectivity index (χ0v) is 11.5. The van der Waals surface area contributed by atoms with Crippen molar-refractivity contribution in [3.63, 3.8) is 0 Å². The minimum absolute atomic E-state index is 0.0710. The summed E-state index contributed by atoms with van der Waals surface area (Å²) < 4.78 is 5.28. The van der Waals surface area contributed by atoms with E-state index >= 15 is 0 Å². The number of benzene rings is 1. The van der Waals surface area contributed by atoms with Crippen LogP contribution < -0.4 is 16.0 Å². The van der Waals surface area contributed by atoms with E-state index in [0.717, 1.165) is 28.0 Å². The lowest BCUT2D eigenvalue weighted by molar-refractivity contribution is 0.411. The smallest absolute Gasteiger partial charge is 0.121 e. The molecule has 0 saturated carbocycles. The van der Waals surface area contributed by atoms with Crippen LogP contribution in [0.1, 0.15) is 28.3 Å². The van der Waals surface area contributed by atoms with Crippen LogP contribution in [-0.2, 0) is 0 Å². The van der Waals surface area contributed by atoms with Crippen molar-refractivity contribution < 1.29 is 4.74 Å². The van der Waals surface area contributed by atoms with Crippen LogP contribution in [0.3, 0.4) is 0 Å². The molecule has 1 atom stereocenters. The molecule has 4 nitrogen and oxygen atoms in total. The maximum absolute atomic E-state index is 5.72. The molecular weight excluding hydrogens is 238 g/mol. The van der Waals surface area contributed by atoms with E-state index in [2.05, 4.69) is 23.4 Å². The summed E-state index contributed by atoms with van der Waals surface area (Å²) in [5, 5.41) is 0. The lowest BCUT2D eigenvalue weighted by atomic mass is 9.96. The fraction of sp³-hybridized carbons (Fsp3) is 0.267. The number of aryl methyl sites for hydroxylation is 2. The van der Waals surface area contributed by atoms with Gasteiger partial charge in [0.1, 0.15) is 5.75 Å². The van der Waals surface area contributed by atoms with Crippen molar-refractivity contribution >= 4 is 0 Å². The maximum Gasteiger partial charge on any atom is 0.121 e. The molecule has 0 aliphatic heterocycles. The molecule has 1 aromatic heterocycles. The summed E-state index contributed by atoms with van der Waals surface area (Å²) in [7, 11) is 1.67. The van der Waals surface area contributed by atoms with Crippen LogP contribution in [0.15, 0.2) is 36.7 Å². The van der Waals surface area contributed by atoms with Crippen LogP contribution >= 0.6 is 0 Å². The first-order valence-corrected chi connectivity index (χ1v) is 6.18. The Labute approximate surface area is 113 Å². The first-order valence-electron chi connectivity index (χ1n) is 6.18. The molecule has 1 unspecified atom stereocenters. The van der Waals surface area contributed by atoms with Crippen molar-refractivity contribution in [2.75, 3.05) is 7.11 Å². The molecular formula is C15H19N3O. The lowest BCUT2D eigenvalue weighted by Gasteiger charge is -2.19. The van der Waals surface area contributed by atoms with Crippen LogP contribution in [0, 0.1) is 13.8 Å². The van der Waals surface area contributed by atoms with Crippen LogP contribution in [0.2, 0.25) is 0 Å². The van der Waals surface area contributed by atoms with Gasteiger partial charge in [-0.25, -0.2) is 5.43 Å². The van der Waals surface area contributed by atoms with Crippen molar-refractivity contribution in [2.45, 2.75) is 19.9 Å². The summed E-state index contributed by atoms with van der Waals surface area (Å²) in [5.74, 6) is 6.59. The monoisotopic (exact) mass is 257 g/mol. The predicted molar refractivity (Wildman–Crippen MR) is 75.9 cm³/mol. The fourth-order valence-corrected chi connectivity index (χ4v) is 2.23. The van der Waals surface area contributed by atoms with Gasteiger partial charge in [-0.05, 0) is 48.2 Å². The van der Waals surface area contributed by atoms with E-state index in [1.165, 1.54) is 0 Å². The van der Waals surface area contributed by atoms with E-state index in [-0.39, 0.29) is 6.04 Å². The Morgan fingerprint density at radius 3 is 2.58 bits per heavy atom. The predicted octanol–water partition coefficient (Wildman–Crippen LogP) is 2.26. The molecule has 0 aliphatic carbocycles. The molecule has 0 bridgehead atoms. The van der Waals surface area contributed by atoms with Crippen LogP contribution in [0.5, 0.6) is 5.75 Å². The number of nitrogens with zero attached hydrogens (tertiary/aromatic N) is 1. The molecule has 2 rings (SSSR count). The second-order valence-corrected chi connectivity index (χ2v) is 4.56.